The third kappa shape index (κ3) is 32.8. The summed E-state index contributed by atoms with van der Waals surface area (Å²) >= 11 is 0. The number of carbonyl (C=O) groups excluding carboxylic acids is 19. The summed E-state index contributed by atoms with van der Waals surface area (Å²) in [5.41, 5.74) is 22.0. The highest BCUT2D eigenvalue weighted by Crippen LogP contribution is 2.29. The maximum atomic E-state index is 14.8. The lowest BCUT2D eigenvalue weighted by molar-refractivity contribution is -0.146. The fraction of sp³-hybridized carbons (Fsp3) is 0.747. The predicted octanol–water partition coefficient (Wildman–Crippen LogP) is -9.88. The molecule has 6 rings (SSSR count). The average molecular weight is 1960 g/mol. The Labute approximate surface area is 798 Å². The Kier molecular flexibility index (Phi) is 45.6. The molecule has 0 aromatic carbocycles. The molecule has 6 heterocycles. The molecule has 6 aliphatic heterocycles. The van der Waals surface area contributed by atoms with Crippen molar-refractivity contribution in [2.75, 3.05) is 78.8 Å². The largest absolute Gasteiger partial charge is 0.481 e. The quantitative estimate of drug-likeness (QED) is 0.0153. The monoisotopic (exact) mass is 1960 g/mol. The maximum absolute atomic E-state index is 14.8. The van der Waals surface area contributed by atoms with Gasteiger partial charge in [-0.05, 0) is 146 Å². The van der Waals surface area contributed by atoms with E-state index in [4.69, 9.17) is 22.9 Å². The first-order valence-electron chi connectivity index (χ1n) is 47.2. The molecular weight excluding hydrogens is 1820 g/mol. The SMILES string of the molecule is CCC(C)C(NC(=O)C1CCCN1C(=O)C(NC(=O)C(CC(=O)O)NC(=O)C(CO)NC(=O)C1CCCN1C(=O)CNC(=O)C1CCCN1C(=O)C(CC(C)C)NC(=O)C(CCCN=C(N)N)NC(=O)C(CO)NC(=O)C1CCCN1C(=O)C(CO)NC(=O)C1CCCN1C(=O)C(CC(C)C)NC(=O)C(N)CO)C(C)O)C(=O)NC(CC(C)C)C(=O)N1CCCC1C(=O)NC(CCC(N)=O)C(=O)O. The molecule has 6 fully saturated rings. The Hall–Kier alpha value is -12.1. The van der Waals surface area contributed by atoms with Crippen molar-refractivity contribution < 1.29 is 136 Å². The minimum Gasteiger partial charge on any atom is -0.481 e. The van der Waals surface area contributed by atoms with Gasteiger partial charge in [-0.15, -0.1) is 0 Å². The summed E-state index contributed by atoms with van der Waals surface area (Å²) in [5, 5.41) is 102. The van der Waals surface area contributed by atoms with Crippen LogP contribution in [-0.2, 0) is 101 Å². The topological polar surface area (TPSA) is 780 Å². The zero-order valence-electron chi connectivity index (χ0n) is 79.8. The molecule has 51 nitrogen and oxygen atoms in total. The van der Waals surface area contributed by atoms with Gasteiger partial charge in [-0.3, -0.25) is 101 Å². The summed E-state index contributed by atoms with van der Waals surface area (Å²) in [5.74, 6) is -21.9. The summed E-state index contributed by atoms with van der Waals surface area (Å²) in [6, 6.07) is -26.4. The van der Waals surface area contributed by atoms with Crippen LogP contribution in [0, 0.1) is 23.7 Å². The number of carbonyl (C=O) groups is 21. The molecular formula is C87H143N23O28. The number of hydrogen-bond acceptors (Lipinski definition) is 28. The van der Waals surface area contributed by atoms with Crippen LogP contribution in [0.25, 0.3) is 0 Å². The molecule has 0 saturated carbocycles. The third-order valence-electron chi connectivity index (χ3n) is 25.1. The van der Waals surface area contributed by atoms with Gasteiger partial charge in [-0.1, -0.05) is 61.8 Å². The highest BCUT2D eigenvalue weighted by Gasteiger charge is 2.49. The molecule has 51 heteroatoms. The molecule has 138 heavy (non-hydrogen) atoms. The molecule has 0 aromatic heterocycles. The molecule has 0 spiro atoms. The number of amides is 19. The number of nitrogens with two attached hydrogens (primary N) is 4. The number of rotatable bonds is 53. The van der Waals surface area contributed by atoms with Crippen LogP contribution in [0.4, 0.5) is 0 Å². The molecule has 774 valence electrons. The van der Waals surface area contributed by atoms with Crippen molar-refractivity contribution in [3.05, 3.63) is 0 Å². The Morgan fingerprint density at radius 3 is 1.09 bits per heavy atom. The van der Waals surface area contributed by atoms with Gasteiger partial charge < -0.3 is 152 Å². The molecule has 0 radical (unpaired) electrons. The zero-order valence-corrected chi connectivity index (χ0v) is 79.8. The molecule has 0 aromatic rings. The van der Waals surface area contributed by atoms with Gasteiger partial charge in [-0.25, -0.2) is 4.79 Å². The van der Waals surface area contributed by atoms with E-state index in [0.29, 0.717) is 19.3 Å². The minimum atomic E-state index is -2.09. The molecule has 0 bridgehead atoms. The number of carboxylic acid groups (broad SMARTS) is 2. The van der Waals surface area contributed by atoms with E-state index in [2.05, 4.69) is 68.8 Å². The normalized spacial score (nSPS) is 21.1. The second kappa shape index (κ2) is 54.9. The number of hydrogen-bond donors (Lipinski definition) is 23. The Balaban J connectivity index is 1.05. The maximum Gasteiger partial charge on any atom is 0.326 e. The van der Waals surface area contributed by atoms with Crippen LogP contribution in [0.3, 0.4) is 0 Å². The number of nitrogens with one attached hydrogen (secondary N) is 12. The predicted molar refractivity (Wildman–Crippen MR) is 487 cm³/mol. The Morgan fingerprint density at radius 2 is 0.710 bits per heavy atom. The summed E-state index contributed by atoms with van der Waals surface area (Å²) in [4.78, 5) is 301. The number of carboxylic acids is 2. The summed E-state index contributed by atoms with van der Waals surface area (Å²) < 4.78 is 0. The molecule has 20 atom stereocenters. The molecule has 0 aliphatic carbocycles. The van der Waals surface area contributed by atoms with Crippen molar-refractivity contribution in [1.82, 2.24) is 93.2 Å². The Bertz CT molecular complexity index is 4370. The van der Waals surface area contributed by atoms with E-state index in [1.54, 1.807) is 55.4 Å². The van der Waals surface area contributed by atoms with E-state index >= 15 is 0 Å². The standard InChI is InChI=1S/C87H143N23O28/c1-10-46(8)67(80(131)99-54(36-45(6)7)83(134)107-30-14-21-60(107)76(127)95-50(86(137)138)25-26-64(89)116)103-79(130)63-24-17-33-110(63)85(136)68(47(9)115)104-71(122)51(37-66(118)119)96-73(124)56(41-113)100-75(126)59-20-12-28-105(59)65(117)38-93-74(125)58-19-13-29-106(58)82(133)53(35-44(4)5)98-70(121)49(18-11-27-92-87(90)91)94-72(123)55(40-112)101-77(128)61-22-16-32-109(61)84(135)57(42-114)102-78(129)62-23-15-31-108(62)81(132)52(34-43(2)3)97-69(120)48(88)39-111/h43-63,67-68,111-115H,10-42,88H2,1-9H3,(H2,89,116)(H,93,125)(H,94,123)(H,95,127)(H,96,124)(H,97,120)(H,98,121)(H,99,131)(H,100,126)(H,101,128)(H,102,129)(H,103,130)(H,104,122)(H,118,119)(H,137,138)(H4,90,91,92). The van der Waals surface area contributed by atoms with E-state index < -0.39 is 284 Å². The molecule has 19 amide bonds. The molecule has 27 N–H and O–H groups in total. The number of guanidine groups is 1. The number of aliphatic hydroxyl groups excluding tert-OH is 5. The van der Waals surface area contributed by atoms with Gasteiger partial charge in [0.2, 0.25) is 112 Å². The van der Waals surface area contributed by atoms with Gasteiger partial charge >= 0.3 is 11.9 Å². The van der Waals surface area contributed by atoms with Gasteiger partial charge in [0.05, 0.1) is 45.5 Å². The number of aliphatic imine (C=N–C) groups is 1. The number of aliphatic hydroxyl groups is 5. The summed E-state index contributed by atoms with van der Waals surface area (Å²) in [6.07, 6.45) is -1.39. The van der Waals surface area contributed by atoms with Crippen LogP contribution in [-0.4, -0.2) is 389 Å². The van der Waals surface area contributed by atoms with E-state index in [0.717, 1.165) is 21.6 Å². The van der Waals surface area contributed by atoms with E-state index in [1.165, 1.54) is 14.7 Å². The molecule has 20 unspecified atom stereocenters. The van der Waals surface area contributed by atoms with Crippen LogP contribution in [0.5, 0.6) is 0 Å². The van der Waals surface area contributed by atoms with Crippen LogP contribution in [0.15, 0.2) is 4.99 Å². The van der Waals surface area contributed by atoms with Gasteiger partial charge in [0.1, 0.15) is 109 Å². The number of likely N-dealkylation sites (tertiary alicyclic amines) is 6. The van der Waals surface area contributed by atoms with E-state index in [1.807, 2.05) is 0 Å². The summed E-state index contributed by atoms with van der Waals surface area (Å²) in [7, 11) is 0. The first-order valence-corrected chi connectivity index (χ1v) is 47.2. The fourth-order valence-corrected chi connectivity index (χ4v) is 17.7. The van der Waals surface area contributed by atoms with E-state index in [9.17, 15) is 136 Å². The fourth-order valence-electron chi connectivity index (χ4n) is 17.7. The Morgan fingerprint density at radius 1 is 0.370 bits per heavy atom. The first kappa shape index (κ1) is 115. The van der Waals surface area contributed by atoms with Crippen molar-refractivity contribution in [3.8, 4) is 0 Å². The lowest BCUT2D eigenvalue weighted by atomic mass is 9.96. The smallest absolute Gasteiger partial charge is 0.326 e. The van der Waals surface area contributed by atoms with Crippen molar-refractivity contribution in [2.24, 2.45) is 51.6 Å². The van der Waals surface area contributed by atoms with Crippen LogP contribution in [0.2, 0.25) is 0 Å². The molecule has 6 saturated heterocycles. The van der Waals surface area contributed by atoms with Crippen molar-refractivity contribution in [2.45, 2.75) is 312 Å². The second-order valence-electron chi connectivity index (χ2n) is 37.2. The van der Waals surface area contributed by atoms with Gasteiger partial charge in [0, 0.05) is 52.2 Å². The highest BCUT2D eigenvalue weighted by atomic mass is 16.4. The zero-order chi connectivity index (χ0) is 103. The van der Waals surface area contributed by atoms with Crippen molar-refractivity contribution in [3.63, 3.8) is 0 Å². The lowest BCUT2D eigenvalue weighted by Crippen LogP contribution is -2.62. The average Bonchev–Trinajstić information content (AvgIpc) is 1.61. The van der Waals surface area contributed by atoms with Gasteiger partial charge in [-0.2, -0.15) is 0 Å². The number of aliphatic carboxylic acids is 2. The van der Waals surface area contributed by atoms with E-state index in [-0.39, 0.29) is 179 Å². The first-order chi connectivity index (χ1) is 65.1. The van der Waals surface area contributed by atoms with Crippen molar-refractivity contribution >= 4 is 130 Å². The van der Waals surface area contributed by atoms with Gasteiger partial charge in [0.15, 0.2) is 5.96 Å². The number of nitrogens with zero attached hydrogens (tertiary/aromatic N) is 7. The summed E-state index contributed by atoms with van der Waals surface area (Å²) in [6.45, 7) is 10.3. The second-order valence-corrected chi connectivity index (χ2v) is 37.2. The third-order valence-corrected chi connectivity index (χ3v) is 25.1. The van der Waals surface area contributed by atoms with Crippen molar-refractivity contribution in [1.29, 1.82) is 0 Å². The van der Waals surface area contributed by atoms with Crippen LogP contribution >= 0.6 is 0 Å². The minimum absolute atomic E-state index is 0.00193. The van der Waals surface area contributed by atoms with Gasteiger partial charge in [0.25, 0.3) is 0 Å². The number of primary amides is 1. The highest BCUT2D eigenvalue weighted by molar-refractivity contribution is 6.03. The van der Waals surface area contributed by atoms with Crippen LogP contribution in [0.1, 0.15) is 197 Å². The molecule has 6 aliphatic rings. The van der Waals surface area contributed by atoms with Crippen LogP contribution < -0.4 is 86.7 Å². The lowest BCUT2D eigenvalue weighted by Gasteiger charge is -2.33.